The van der Waals surface area contributed by atoms with E-state index in [1.165, 1.54) is 12.8 Å². The van der Waals surface area contributed by atoms with Crippen LogP contribution in [0.3, 0.4) is 0 Å². The van der Waals surface area contributed by atoms with Crippen LogP contribution in [0, 0.1) is 0 Å². The standard InChI is InChI=1S/C22H21F3N4/c23-22(24,25)19-14-26-21(28-17-10-2-1-3-11-17)29-20(19)27-18-12-6-9-16(13-18)15-7-4-5-8-15/h1-3,6,9-15H,4-5,7-8H2,(H2,26,27,28,29). The largest absolute Gasteiger partial charge is 0.421 e. The second kappa shape index (κ2) is 8.11. The van der Waals surface area contributed by atoms with Crippen LogP contribution in [0.5, 0.6) is 0 Å². The molecule has 0 spiro atoms. The summed E-state index contributed by atoms with van der Waals surface area (Å²) >= 11 is 0. The van der Waals surface area contributed by atoms with Gasteiger partial charge in [0.05, 0.1) is 0 Å². The molecule has 0 aliphatic heterocycles. The molecule has 29 heavy (non-hydrogen) atoms. The van der Waals surface area contributed by atoms with E-state index in [2.05, 4.69) is 20.6 Å². The lowest BCUT2D eigenvalue weighted by Crippen LogP contribution is -2.12. The molecule has 0 bridgehead atoms. The van der Waals surface area contributed by atoms with Crippen molar-refractivity contribution in [1.29, 1.82) is 0 Å². The monoisotopic (exact) mass is 398 g/mol. The van der Waals surface area contributed by atoms with Crippen molar-refractivity contribution in [1.82, 2.24) is 9.97 Å². The average Bonchev–Trinajstić information content (AvgIpc) is 3.23. The normalized spacial score (nSPS) is 14.7. The topological polar surface area (TPSA) is 49.8 Å². The van der Waals surface area contributed by atoms with E-state index in [4.69, 9.17) is 0 Å². The molecule has 1 fully saturated rings. The van der Waals surface area contributed by atoms with Crippen molar-refractivity contribution in [3.05, 3.63) is 71.9 Å². The van der Waals surface area contributed by atoms with Crippen LogP contribution in [0.15, 0.2) is 60.8 Å². The SMILES string of the molecule is FC(F)(F)c1cnc(Nc2ccccc2)nc1Nc1cccc(C2CCCC2)c1. The quantitative estimate of drug-likeness (QED) is 0.506. The Kier molecular flexibility index (Phi) is 5.38. The number of nitrogens with one attached hydrogen (secondary N) is 2. The third kappa shape index (κ3) is 4.67. The van der Waals surface area contributed by atoms with Gasteiger partial charge in [-0.2, -0.15) is 18.2 Å². The summed E-state index contributed by atoms with van der Waals surface area (Å²) in [5.41, 5.74) is 1.53. The minimum atomic E-state index is -4.56. The van der Waals surface area contributed by atoms with Crippen LogP contribution in [0.25, 0.3) is 0 Å². The first-order valence-corrected chi connectivity index (χ1v) is 9.62. The molecule has 0 radical (unpaired) electrons. The third-order valence-electron chi connectivity index (χ3n) is 5.10. The fourth-order valence-electron chi connectivity index (χ4n) is 3.66. The highest BCUT2D eigenvalue weighted by Crippen LogP contribution is 2.37. The summed E-state index contributed by atoms with van der Waals surface area (Å²) in [4.78, 5) is 7.94. The predicted molar refractivity (Wildman–Crippen MR) is 108 cm³/mol. The number of anilines is 4. The van der Waals surface area contributed by atoms with E-state index >= 15 is 0 Å². The molecule has 0 saturated heterocycles. The van der Waals surface area contributed by atoms with Gasteiger partial charge in [-0.25, -0.2) is 4.98 Å². The number of halogens is 3. The van der Waals surface area contributed by atoms with E-state index in [1.807, 2.05) is 36.4 Å². The minimum Gasteiger partial charge on any atom is -0.340 e. The van der Waals surface area contributed by atoms with Crippen molar-refractivity contribution in [2.24, 2.45) is 0 Å². The molecule has 3 aromatic rings. The molecule has 1 saturated carbocycles. The van der Waals surface area contributed by atoms with Gasteiger partial charge in [-0.1, -0.05) is 43.2 Å². The molecular weight excluding hydrogens is 377 g/mol. The summed E-state index contributed by atoms with van der Waals surface area (Å²) in [5, 5.41) is 5.79. The lowest BCUT2D eigenvalue weighted by molar-refractivity contribution is -0.137. The minimum absolute atomic E-state index is 0.0960. The summed E-state index contributed by atoms with van der Waals surface area (Å²) < 4.78 is 40.5. The van der Waals surface area contributed by atoms with Gasteiger partial charge in [-0.15, -0.1) is 0 Å². The number of alkyl halides is 3. The van der Waals surface area contributed by atoms with Gasteiger partial charge in [0, 0.05) is 17.6 Å². The van der Waals surface area contributed by atoms with E-state index in [0.717, 1.165) is 24.6 Å². The molecule has 7 heteroatoms. The van der Waals surface area contributed by atoms with Crippen molar-refractivity contribution in [2.45, 2.75) is 37.8 Å². The van der Waals surface area contributed by atoms with E-state index in [9.17, 15) is 13.2 Å². The lowest BCUT2D eigenvalue weighted by Gasteiger charge is -2.16. The van der Waals surface area contributed by atoms with Crippen LogP contribution in [0.1, 0.15) is 42.7 Å². The maximum atomic E-state index is 13.5. The van der Waals surface area contributed by atoms with Gasteiger partial charge in [0.15, 0.2) is 0 Å². The summed E-state index contributed by atoms with van der Waals surface area (Å²) in [5.74, 6) is 0.299. The molecule has 1 aliphatic carbocycles. The fourth-order valence-corrected chi connectivity index (χ4v) is 3.66. The predicted octanol–water partition coefficient (Wildman–Crippen LogP) is 6.64. The van der Waals surface area contributed by atoms with Crippen LogP contribution in [0.2, 0.25) is 0 Å². The van der Waals surface area contributed by atoms with Crippen molar-refractivity contribution >= 4 is 23.1 Å². The van der Waals surface area contributed by atoms with Gasteiger partial charge in [0.2, 0.25) is 5.95 Å². The molecule has 4 nitrogen and oxygen atoms in total. The molecule has 0 unspecified atom stereocenters. The Morgan fingerprint density at radius 2 is 1.59 bits per heavy atom. The molecule has 150 valence electrons. The number of hydrogen-bond acceptors (Lipinski definition) is 4. The lowest BCUT2D eigenvalue weighted by atomic mass is 9.97. The van der Waals surface area contributed by atoms with Gasteiger partial charge in [-0.3, -0.25) is 0 Å². The van der Waals surface area contributed by atoms with Crippen molar-refractivity contribution < 1.29 is 13.2 Å². The zero-order valence-corrected chi connectivity index (χ0v) is 15.7. The zero-order valence-electron chi connectivity index (χ0n) is 15.7. The zero-order chi connectivity index (χ0) is 20.3. The Labute approximate surface area is 167 Å². The number of nitrogens with zero attached hydrogens (tertiary/aromatic N) is 2. The number of benzene rings is 2. The molecule has 4 rings (SSSR count). The van der Waals surface area contributed by atoms with E-state index < -0.39 is 11.7 Å². The second-order valence-corrected chi connectivity index (χ2v) is 7.18. The maximum absolute atomic E-state index is 13.5. The van der Waals surface area contributed by atoms with E-state index in [0.29, 0.717) is 17.3 Å². The number of para-hydroxylation sites is 1. The highest BCUT2D eigenvalue weighted by molar-refractivity contribution is 5.63. The summed E-state index contributed by atoms with van der Waals surface area (Å²) in [7, 11) is 0. The first kappa shape index (κ1) is 19.2. The number of hydrogen-bond donors (Lipinski definition) is 2. The molecule has 2 aromatic carbocycles. The van der Waals surface area contributed by atoms with E-state index in [-0.39, 0.29) is 11.8 Å². The van der Waals surface area contributed by atoms with Crippen LogP contribution in [-0.4, -0.2) is 9.97 Å². The van der Waals surface area contributed by atoms with E-state index in [1.54, 1.807) is 18.2 Å². The molecule has 2 N–H and O–H groups in total. The summed E-state index contributed by atoms with van der Waals surface area (Å²) in [6.45, 7) is 0. The molecular formula is C22H21F3N4. The third-order valence-corrected chi connectivity index (χ3v) is 5.10. The van der Waals surface area contributed by atoms with Crippen molar-refractivity contribution in [3.63, 3.8) is 0 Å². The molecule has 1 heterocycles. The van der Waals surface area contributed by atoms with Gasteiger partial charge < -0.3 is 10.6 Å². The Morgan fingerprint density at radius 1 is 0.862 bits per heavy atom. The van der Waals surface area contributed by atoms with Crippen LogP contribution >= 0.6 is 0 Å². The maximum Gasteiger partial charge on any atom is 0.421 e. The highest BCUT2D eigenvalue weighted by atomic mass is 19.4. The molecule has 1 aromatic heterocycles. The summed E-state index contributed by atoms with van der Waals surface area (Å²) in [6, 6.07) is 16.6. The second-order valence-electron chi connectivity index (χ2n) is 7.18. The smallest absolute Gasteiger partial charge is 0.340 e. The Morgan fingerprint density at radius 3 is 2.31 bits per heavy atom. The van der Waals surface area contributed by atoms with Crippen molar-refractivity contribution in [2.75, 3.05) is 10.6 Å². The Bertz CT molecular complexity index is 967. The Balaban J connectivity index is 1.63. The summed E-state index contributed by atoms with van der Waals surface area (Å²) in [6.07, 6.45) is 0.881. The van der Waals surface area contributed by atoms with Gasteiger partial charge in [-0.05, 0) is 48.6 Å². The fraction of sp³-hybridized carbons (Fsp3) is 0.273. The van der Waals surface area contributed by atoms with Gasteiger partial charge >= 0.3 is 6.18 Å². The first-order chi connectivity index (χ1) is 14.0. The molecule has 0 atom stereocenters. The van der Waals surface area contributed by atoms with Gasteiger partial charge in [0.1, 0.15) is 11.4 Å². The number of rotatable bonds is 5. The van der Waals surface area contributed by atoms with Crippen molar-refractivity contribution in [3.8, 4) is 0 Å². The van der Waals surface area contributed by atoms with Crippen LogP contribution in [0.4, 0.5) is 36.3 Å². The molecule has 0 amide bonds. The van der Waals surface area contributed by atoms with Crippen LogP contribution < -0.4 is 10.6 Å². The number of aromatic nitrogens is 2. The Hall–Kier alpha value is -3.09. The average molecular weight is 398 g/mol. The highest BCUT2D eigenvalue weighted by Gasteiger charge is 2.35. The first-order valence-electron chi connectivity index (χ1n) is 9.62. The van der Waals surface area contributed by atoms with Gasteiger partial charge in [0.25, 0.3) is 0 Å². The molecule has 1 aliphatic rings. The van der Waals surface area contributed by atoms with Crippen LogP contribution in [-0.2, 0) is 6.18 Å².